The monoisotopic (exact) mass is 256 g/mol. The van der Waals surface area contributed by atoms with E-state index in [1.807, 2.05) is 13.8 Å². The van der Waals surface area contributed by atoms with Crippen LogP contribution in [0.2, 0.25) is 0 Å². The van der Waals surface area contributed by atoms with Crippen molar-refractivity contribution in [1.82, 2.24) is 0 Å². The number of allylic oxidation sites excluding steroid dienone is 1. The fourth-order valence-electron chi connectivity index (χ4n) is 4.08. The van der Waals surface area contributed by atoms with Crippen LogP contribution in [0.3, 0.4) is 0 Å². The second-order valence-corrected chi connectivity index (χ2v) is 7.15. The molecule has 1 N–H and O–H groups in total. The summed E-state index contributed by atoms with van der Waals surface area (Å²) in [5.74, 6) is 1.20. The summed E-state index contributed by atoms with van der Waals surface area (Å²) in [7, 11) is 0. The van der Waals surface area contributed by atoms with Crippen LogP contribution in [0.5, 0.6) is 0 Å². The van der Waals surface area contributed by atoms with E-state index in [1.165, 1.54) is 19.3 Å². The summed E-state index contributed by atoms with van der Waals surface area (Å²) >= 11 is 6.27. The van der Waals surface area contributed by atoms with Gasteiger partial charge in [0.05, 0.1) is 11.0 Å². The summed E-state index contributed by atoms with van der Waals surface area (Å²) in [6.07, 6.45) is 5.66. The minimum atomic E-state index is -0.498. The van der Waals surface area contributed by atoms with Gasteiger partial charge in [0, 0.05) is 0 Å². The van der Waals surface area contributed by atoms with Gasteiger partial charge in [-0.05, 0) is 63.2 Å². The predicted molar refractivity (Wildman–Crippen MR) is 73.3 cm³/mol. The normalized spacial score (nSPS) is 46.2. The van der Waals surface area contributed by atoms with Gasteiger partial charge < -0.3 is 5.11 Å². The molecule has 0 saturated heterocycles. The third-order valence-electron chi connectivity index (χ3n) is 5.74. The Kier molecular flexibility index (Phi) is 3.38. The van der Waals surface area contributed by atoms with Gasteiger partial charge >= 0.3 is 0 Å². The van der Waals surface area contributed by atoms with Crippen LogP contribution < -0.4 is 0 Å². The summed E-state index contributed by atoms with van der Waals surface area (Å²) in [4.78, 5) is 0. The van der Waals surface area contributed by atoms with Gasteiger partial charge in [-0.15, -0.1) is 11.6 Å². The molecule has 5 unspecified atom stereocenters. The van der Waals surface area contributed by atoms with Gasteiger partial charge in [-0.1, -0.05) is 19.1 Å². The highest BCUT2D eigenvalue weighted by molar-refractivity contribution is 6.22. The molecule has 0 heterocycles. The molecule has 98 valence electrons. The zero-order chi connectivity index (χ0) is 12.8. The summed E-state index contributed by atoms with van der Waals surface area (Å²) in [5.41, 5.74) is 0.596. The molecule has 2 bridgehead atoms. The minimum absolute atomic E-state index is 0.0541. The van der Waals surface area contributed by atoms with Gasteiger partial charge in [0.15, 0.2) is 0 Å². The van der Waals surface area contributed by atoms with Gasteiger partial charge in [-0.3, -0.25) is 0 Å². The maximum Gasteiger partial charge on any atom is 0.0703 e. The molecule has 2 fully saturated rings. The van der Waals surface area contributed by atoms with E-state index >= 15 is 0 Å². The standard InChI is InChI=1S/C15H25ClO/c1-10(2)13(16)7-8-14(3)11-5-6-12(9-11)15(14,4)17/h11-13,17H,1,5-9H2,2-4H3. The maximum atomic E-state index is 10.8. The van der Waals surface area contributed by atoms with Crippen LogP contribution in [0.4, 0.5) is 0 Å². The van der Waals surface area contributed by atoms with Gasteiger partial charge in [-0.2, -0.15) is 0 Å². The molecule has 0 aromatic carbocycles. The van der Waals surface area contributed by atoms with Crippen molar-refractivity contribution in [2.24, 2.45) is 17.3 Å². The van der Waals surface area contributed by atoms with Gasteiger partial charge in [0.1, 0.15) is 0 Å². The largest absolute Gasteiger partial charge is 0.389 e. The van der Waals surface area contributed by atoms with Crippen molar-refractivity contribution in [3.05, 3.63) is 12.2 Å². The quantitative estimate of drug-likeness (QED) is 0.592. The van der Waals surface area contributed by atoms with Crippen LogP contribution in [0.25, 0.3) is 0 Å². The Hall–Kier alpha value is -0.0100. The van der Waals surface area contributed by atoms with Crippen LogP contribution >= 0.6 is 11.6 Å². The summed E-state index contributed by atoms with van der Waals surface area (Å²) < 4.78 is 0. The van der Waals surface area contributed by atoms with E-state index in [0.29, 0.717) is 11.8 Å². The molecule has 0 radical (unpaired) electrons. The number of hydrogen-bond donors (Lipinski definition) is 1. The molecule has 2 aliphatic rings. The SMILES string of the molecule is C=C(C)C(Cl)CCC1(C)C2CCC(C2)C1(C)O. The third kappa shape index (κ3) is 1.96. The van der Waals surface area contributed by atoms with Crippen molar-refractivity contribution in [3.8, 4) is 0 Å². The molecule has 2 rings (SSSR count). The van der Waals surface area contributed by atoms with Crippen molar-refractivity contribution in [2.75, 3.05) is 0 Å². The van der Waals surface area contributed by atoms with Crippen molar-refractivity contribution >= 4 is 11.6 Å². The fourth-order valence-corrected chi connectivity index (χ4v) is 4.19. The number of halogens is 1. The number of hydrogen-bond acceptors (Lipinski definition) is 1. The minimum Gasteiger partial charge on any atom is -0.389 e. The highest BCUT2D eigenvalue weighted by atomic mass is 35.5. The second-order valence-electron chi connectivity index (χ2n) is 6.62. The lowest BCUT2D eigenvalue weighted by Crippen LogP contribution is -2.48. The third-order valence-corrected chi connectivity index (χ3v) is 6.33. The lowest BCUT2D eigenvalue weighted by atomic mass is 9.62. The molecular weight excluding hydrogens is 232 g/mol. The Balaban J connectivity index is 2.06. The predicted octanol–water partition coefficient (Wildman–Crippen LogP) is 4.14. The number of rotatable bonds is 4. The Bertz CT molecular complexity index is 323. The Morgan fingerprint density at radius 3 is 2.47 bits per heavy atom. The molecule has 17 heavy (non-hydrogen) atoms. The topological polar surface area (TPSA) is 20.2 Å². The molecule has 2 heteroatoms. The van der Waals surface area contributed by atoms with Crippen LogP contribution in [0, 0.1) is 17.3 Å². The van der Waals surface area contributed by atoms with Crippen molar-refractivity contribution in [2.45, 2.75) is 63.9 Å². The van der Waals surface area contributed by atoms with Crippen LogP contribution in [-0.4, -0.2) is 16.1 Å². The van der Waals surface area contributed by atoms with Gasteiger partial charge in [0.2, 0.25) is 0 Å². The van der Waals surface area contributed by atoms with E-state index in [1.54, 1.807) is 0 Å². The molecule has 2 aliphatic carbocycles. The van der Waals surface area contributed by atoms with Gasteiger partial charge in [0.25, 0.3) is 0 Å². The molecule has 0 aromatic rings. The molecule has 0 aliphatic heterocycles. The number of fused-ring (bicyclic) bond motifs is 2. The van der Waals surface area contributed by atoms with E-state index < -0.39 is 5.60 Å². The first-order valence-corrected chi connectivity index (χ1v) is 7.24. The maximum absolute atomic E-state index is 10.8. The average molecular weight is 257 g/mol. The van der Waals surface area contributed by atoms with Crippen molar-refractivity contribution in [1.29, 1.82) is 0 Å². The summed E-state index contributed by atoms with van der Waals surface area (Å²) in [6, 6.07) is 0. The van der Waals surface area contributed by atoms with E-state index in [9.17, 15) is 5.11 Å². The highest BCUT2D eigenvalue weighted by Gasteiger charge is 2.61. The van der Waals surface area contributed by atoms with E-state index in [4.69, 9.17) is 11.6 Å². The Morgan fingerprint density at radius 1 is 1.41 bits per heavy atom. The Morgan fingerprint density at radius 2 is 2.00 bits per heavy atom. The Labute approximate surface area is 110 Å². The molecule has 0 amide bonds. The fraction of sp³-hybridized carbons (Fsp3) is 0.867. The molecule has 0 aromatic heterocycles. The second kappa shape index (κ2) is 4.28. The van der Waals surface area contributed by atoms with Crippen molar-refractivity contribution in [3.63, 3.8) is 0 Å². The summed E-state index contributed by atoms with van der Waals surface area (Å²) in [6.45, 7) is 10.2. The van der Waals surface area contributed by atoms with Crippen LogP contribution in [-0.2, 0) is 0 Å². The van der Waals surface area contributed by atoms with Crippen molar-refractivity contribution < 1.29 is 5.11 Å². The lowest BCUT2D eigenvalue weighted by molar-refractivity contribution is -0.105. The van der Waals surface area contributed by atoms with Crippen LogP contribution in [0.1, 0.15) is 52.9 Å². The number of alkyl halides is 1. The molecule has 1 nitrogen and oxygen atoms in total. The van der Waals surface area contributed by atoms with Crippen LogP contribution in [0.15, 0.2) is 12.2 Å². The smallest absolute Gasteiger partial charge is 0.0703 e. The molecule has 0 spiro atoms. The highest BCUT2D eigenvalue weighted by Crippen LogP contribution is 2.63. The molecule has 5 atom stereocenters. The van der Waals surface area contributed by atoms with Gasteiger partial charge in [-0.25, -0.2) is 0 Å². The first-order chi connectivity index (χ1) is 7.79. The molecular formula is C15H25ClO. The zero-order valence-corrected chi connectivity index (χ0v) is 12.1. The lowest BCUT2D eigenvalue weighted by Gasteiger charge is -2.46. The first-order valence-electron chi connectivity index (χ1n) is 6.81. The first kappa shape index (κ1) is 13.4. The molecule has 2 saturated carbocycles. The summed E-state index contributed by atoms with van der Waals surface area (Å²) in [5, 5.41) is 10.8. The van der Waals surface area contributed by atoms with E-state index in [0.717, 1.165) is 18.4 Å². The van der Waals surface area contributed by atoms with E-state index in [-0.39, 0.29) is 10.8 Å². The van der Waals surface area contributed by atoms with E-state index in [2.05, 4.69) is 13.5 Å². The number of aliphatic hydroxyl groups is 1. The zero-order valence-electron chi connectivity index (χ0n) is 11.3. The average Bonchev–Trinajstić information content (AvgIpc) is 2.79.